The first-order chi connectivity index (χ1) is 10.2. The summed E-state index contributed by atoms with van der Waals surface area (Å²) < 4.78 is 1.68. The summed E-state index contributed by atoms with van der Waals surface area (Å²) in [6, 6.07) is 7.50. The number of Topliss-reactive ketones (excluding diaryl/α,β-unsaturated/α-hetero) is 1. The van der Waals surface area contributed by atoms with Gasteiger partial charge in [-0.25, -0.2) is 9.67 Å². The van der Waals surface area contributed by atoms with Crippen LogP contribution in [0.25, 0.3) is 5.69 Å². The number of hydrogen-bond acceptors (Lipinski definition) is 5. The van der Waals surface area contributed by atoms with E-state index in [9.17, 15) is 4.79 Å². The Morgan fingerprint density at radius 2 is 1.86 bits per heavy atom. The van der Waals surface area contributed by atoms with Gasteiger partial charge in [-0.1, -0.05) is 0 Å². The van der Waals surface area contributed by atoms with Crippen molar-refractivity contribution in [2.45, 2.75) is 0 Å². The molecule has 1 fully saturated rings. The first kappa shape index (κ1) is 13.9. The van der Waals surface area contributed by atoms with Crippen molar-refractivity contribution < 1.29 is 4.79 Å². The van der Waals surface area contributed by atoms with E-state index in [1.807, 2.05) is 24.3 Å². The molecule has 6 nitrogen and oxygen atoms in total. The van der Waals surface area contributed by atoms with Gasteiger partial charge in [0.1, 0.15) is 12.7 Å². The van der Waals surface area contributed by atoms with Crippen molar-refractivity contribution in [3.63, 3.8) is 0 Å². The van der Waals surface area contributed by atoms with Crippen molar-refractivity contribution in [2.75, 3.05) is 39.8 Å². The number of hydrogen-bond donors (Lipinski definition) is 0. The van der Waals surface area contributed by atoms with Gasteiger partial charge in [0.25, 0.3) is 0 Å². The normalized spacial score (nSPS) is 17.0. The molecule has 1 aliphatic heterocycles. The number of nitrogens with zero attached hydrogens (tertiary/aromatic N) is 5. The van der Waals surface area contributed by atoms with Gasteiger partial charge in [0, 0.05) is 31.7 Å². The van der Waals surface area contributed by atoms with Crippen LogP contribution in [0.15, 0.2) is 36.9 Å². The van der Waals surface area contributed by atoms with Gasteiger partial charge in [0.15, 0.2) is 5.78 Å². The van der Waals surface area contributed by atoms with E-state index in [0.717, 1.165) is 37.4 Å². The smallest absolute Gasteiger partial charge is 0.176 e. The summed E-state index contributed by atoms with van der Waals surface area (Å²) in [4.78, 5) is 20.7. The molecule has 3 rings (SSSR count). The van der Waals surface area contributed by atoms with Gasteiger partial charge in [0.2, 0.25) is 0 Å². The average molecular weight is 285 g/mol. The standard InChI is InChI=1S/C15H19N5O/c1-18-6-8-19(9-7-18)10-15(21)13-2-4-14(5-3-13)20-12-16-11-17-20/h2-5,11-12H,6-10H2,1H3. The van der Waals surface area contributed by atoms with Gasteiger partial charge < -0.3 is 4.90 Å². The second kappa shape index (κ2) is 6.15. The van der Waals surface area contributed by atoms with Crippen molar-refractivity contribution in [3.05, 3.63) is 42.5 Å². The number of benzene rings is 1. The fraction of sp³-hybridized carbons (Fsp3) is 0.400. The van der Waals surface area contributed by atoms with E-state index in [1.54, 1.807) is 11.0 Å². The second-order valence-corrected chi connectivity index (χ2v) is 5.39. The molecule has 2 heterocycles. The molecule has 0 radical (unpaired) electrons. The minimum Gasteiger partial charge on any atom is -0.304 e. The molecule has 110 valence electrons. The van der Waals surface area contributed by atoms with Gasteiger partial charge in [-0.2, -0.15) is 5.10 Å². The third kappa shape index (κ3) is 3.34. The lowest BCUT2D eigenvalue weighted by atomic mass is 10.1. The predicted molar refractivity (Wildman–Crippen MR) is 79.6 cm³/mol. The van der Waals surface area contributed by atoms with Crippen LogP contribution in [0.3, 0.4) is 0 Å². The molecule has 0 atom stereocenters. The zero-order chi connectivity index (χ0) is 14.7. The molecule has 0 spiro atoms. The summed E-state index contributed by atoms with van der Waals surface area (Å²) in [5, 5.41) is 4.07. The average Bonchev–Trinajstić information content (AvgIpc) is 3.04. The Morgan fingerprint density at radius 1 is 1.14 bits per heavy atom. The Morgan fingerprint density at radius 3 is 2.48 bits per heavy atom. The van der Waals surface area contributed by atoms with E-state index >= 15 is 0 Å². The van der Waals surface area contributed by atoms with Crippen LogP contribution in [-0.2, 0) is 0 Å². The second-order valence-electron chi connectivity index (χ2n) is 5.39. The van der Waals surface area contributed by atoms with E-state index in [4.69, 9.17) is 0 Å². The van der Waals surface area contributed by atoms with Crippen molar-refractivity contribution in [1.29, 1.82) is 0 Å². The number of aromatic nitrogens is 3. The number of likely N-dealkylation sites (N-methyl/N-ethyl adjacent to an activating group) is 1. The quantitative estimate of drug-likeness (QED) is 0.774. The topological polar surface area (TPSA) is 54.3 Å². The monoisotopic (exact) mass is 285 g/mol. The highest BCUT2D eigenvalue weighted by molar-refractivity contribution is 5.97. The van der Waals surface area contributed by atoms with Gasteiger partial charge in [-0.15, -0.1) is 0 Å². The number of ketones is 1. The SMILES string of the molecule is CN1CCN(CC(=O)c2ccc(-n3cncn3)cc2)CC1. The van der Waals surface area contributed by atoms with Crippen molar-refractivity contribution in [2.24, 2.45) is 0 Å². The Kier molecular flexibility index (Phi) is 4.08. The van der Waals surface area contributed by atoms with Crippen LogP contribution >= 0.6 is 0 Å². The lowest BCUT2D eigenvalue weighted by molar-refractivity contribution is 0.0876. The molecule has 0 N–H and O–H groups in total. The molecular weight excluding hydrogens is 266 g/mol. The highest BCUT2D eigenvalue weighted by Gasteiger charge is 2.17. The molecule has 1 aromatic heterocycles. The summed E-state index contributed by atoms with van der Waals surface area (Å²) in [5.41, 5.74) is 1.65. The zero-order valence-electron chi connectivity index (χ0n) is 12.1. The Balaban J connectivity index is 1.62. The van der Waals surface area contributed by atoms with E-state index < -0.39 is 0 Å². The highest BCUT2D eigenvalue weighted by Crippen LogP contribution is 2.10. The molecule has 1 aromatic carbocycles. The fourth-order valence-electron chi connectivity index (χ4n) is 2.44. The van der Waals surface area contributed by atoms with E-state index in [-0.39, 0.29) is 5.78 Å². The maximum Gasteiger partial charge on any atom is 0.176 e. The number of carbonyl (C=O) groups excluding carboxylic acids is 1. The van der Waals surface area contributed by atoms with Crippen LogP contribution in [0.5, 0.6) is 0 Å². The van der Waals surface area contributed by atoms with E-state index in [1.165, 1.54) is 6.33 Å². The first-order valence-electron chi connectivity index (χ1n) is 7.11. The molecule has 0 bridgehead atoms. The molecule has 2 aromatic rings. The van der Waals surface area contributed by atoms with Crippen LogP contribution in [0.2, 0.25) is 0 Å². The van der Waals surface area contributed by atoms with Gasteiger partial charge in [-0.3, -0.25) is 9.69 Å². The molecule has 6 heteroatoms. The van der Waals surface area contributed by atoms with Crippen molar-refractivity contribution in [3.8, 4) is 5.69 Å². The third-order valence-corrected chi connectivity index (χ3v) is 3.84. The number of piperazine rings is 1. The maximum atomic E-state index is 12.3. The minimum atomic E-state index is 0.171. The van der Waals surface area contributed by atoms with Crippen LogP contribution in [0.1, 0.15) is 10.4 Å². The molecule has 0 aliphatic carbocycles. The summed E-state index contributed by atoms with van der Waals surface area (Å²) in [7, 11) is 2.11. The van der Waals surface area contributed by atoms with Crippen LogP contribution in [-0.4, -0.2) is 70.1 Å². The summed E-state index contributed by atoms with van der Waals surface area (Å²) in [5.74, 6) is 0.171. The largest absolute Gasteiger partial charge is 0.304 e. The maximum absolute atomic E-state index is 12.3. The number of rotatable bonds is 4. The van der Waals surface area contributed by atoms with Gasteiger partial charge >= 0.3 is 0 Å². The number of carbonyl (C=O) groups is 1. The molecule has 21 heavy (non-hydrogen) atoms. The summed E-state index contributed by atoms with van der Waals surface area (Å²) in [6.45, 7) is 4.46. The van der Waals surface area contributed by atoms with Crippen LogP contribution < -0.4 is 0 Å². The van der Waals surface area contributed by atoms with Crippen molar-refractivity contribution >= 4 is 5.78 Å². The third-order valence-electron chi connectivity index (χ3n) is 3.84. The Labute approximate surface area is 124 Å². The van der Waals surface area contributed by atoms with E-state index in [2.05, 4.69) is 26.9 Å². The highest BCUT2D eigenvalue weighted by atomic mass is 16.1. The molecule has 0 unspecified atom stereocenters. The summed E-state index contributed by atoms with van der Waals surface area (Å²) in [6.07, 6.45) is 3.13. The molecule has 1 saturated heterocycles. The Bertz CT molecular complexity index is 585. The Hall–Kier alpha value is -2.05. The van der Waals surface area contributed by atoms with Gasteiger partial charge in [0.05, 0.1) is 12.2 Å². The van der Waals surface area contributed by atoms with Crippen LogP contribution in [0.4, 0.5) is 0 Å². The van der Waals surface area contributed by atoms with Crippen molar-refractivity contribution in [1.82, 2.24) is 24.6 Å². The molecule has 0 saturated carbocycles. The fourth-order valence-corrected chi connectivity index (χ4v) is 2.44. The minimum absolute atomic E-state index is 0.171. The molecule has 0 amide bonds. The lowest BCUT2D eigenvalue weighted by Crippen LogP contribution is -2.46. The van der Waals surface area contributed by atoms with E-state index in [0.29, 0.717) is 6.54 Å². The van der Waals surface area contributed by atoms with Crippen LogP contribution in [0, 0.1) is 0 Å². The zero-order valence-corrected chi connectivity index (χ0v) is 12.1. The lowest BCUT2D eigenvalue weighted by Gasteiger charge is -2.31. The molecule has 1 aliphatic rings. The van der Waals surface area contributed by atoms with Gasteiger partial charge in [-0.05, 0) is 31.3 Å². The predicted octanol–water partition coefficient (Wildman–Crippen LogP) is 0.697. The summed E-state index contributed by atoms with van der Waals surface area (Å²) >= 11 is 0. The molecular formula is C15H19N5O. The first-order valence-corrected chi connectivity index (χ1v) is 7.11.